The van der Waals surface area contributed by atoms with Crippen LogP contribution in [-0.2, 0) is 16.1 Å². The minimum absolute atomic E-state index is 0.0238. The predicted octanol–water partition coefficient (Wildman–Crippen LogP) is 1.23. The number of carbonyl (C=O) groups is 2. The van der Waals surface area contributed by atoms with Gasteiger partial charge in [0.2, 0.25) is 5.91 Å². The van der Waals surface area contributed by atoms with E-state index < -0.39 is 0 Å². The number of benzene rings is 1. The molecule has 3 heteroatoms. The fourth-order valence-corrected chi connectivity index (χ4v) is 1.75. The number of amides is 1. The molecule has 1 unspecified atom stereocenters. The SMILES string of the molecule is CC(=O)C1CN(Cc2ccccc2)C1=O. The van der Waals surface area contributed by atoms with Crippen molar-refractivity contribution in [1.29, 1.82) is 0 Å². The van der Waals surface area contributed by atoms with E-state index in [-0.39, 0.29) is 17.6 Å². The average Bonchev–Trinajstić information content (AvgIpc) is 2.24. The minimum Gasteiger partial charge on any atom is -0.336 e. The van der Waals surface area contributed by atoms with Gasteiger partial charge in [-0.1, -0.05) is 30.3 Å². The highest BCUT2D eigenvalue weighted by atomic mass is 16.2. The Morgan fingerprint density at radius 2 is 2.07 bits per heavy atom. The standard InChI is InChI=1S/C12H13NO2/c1-9(14)11-8-13(12(11)15)7-10-5-3-2-4-6-10/h2-6,11H,7-8H2,1H3. The summed E-state index contributed by atoms with van der Waals surface area (Å²) in [7, 11) is 0. The molecule has 2 rings (SSSR count). The molecule has 1 heterocycles. The molecule has 0 spiro atoms. The zero-order valence-electron chi connectivity index (χ0n) is 8.64. The highest BCUT2D eigenvalue weighted by Gasteiger charge is 2.39. The molecule has 0 aliphatic carbocycles. The van der Waals surface area contributed by atoms with E-state index in [1.165, 1.54) is 6.92 Å². The van der Waals surface area contributed by atoms with Crippen molar-refractivity contribution in [3.63, 3.8) is 0 Å². The summed E-state index contributed by atoms with van der Waals surface area (Å²) in [5, 5.41) is 0. The van der Waals surface area contributed by atoms with E-state index in [0.717, 1.165) is 5.56 Å². The fraction of sp³-hybridized carbons (Fsp3) is 0.333. The van der Waals surface area contributed by atoms with E-state index in [0.29, 0.717) is 13.1 Å². The summed E-state index contributed by atoms with van der Waals surface area (Å²) < 4.78 is 0. The lowest BCUT2D eigenvalue weighted by Crippen LogP contribution is -2.54. The number of Topliss-reactive ketones (excluding diaryl/α,β-unsaturated/α-hetero) is 1. The third kappa shape index (κ3) is 1.91. The van der Waals surface area contributed by atoms with Crippen LogP contribution in [0.25, 0.3) is 0 Å². The second-order valence-corrected chi connectivity index (χ2v) is 3.87. The number of hydrogen-bond donors (Lipinski definition) is 0. The number of hydrogen-bond acceptors (Lipinski definition) is 2. The lowest BCUT2D eigenvalue weighted by molar-refractivity contribution is -0.153. The maximum Gasteiger partial charge on any atom is 0.235 e. The molecule has 1 aliphatic heterocycles. The first-order valence-corrected chi connectivity index (χ1v) is 5.01. The Kier molecular flexibility index (Phi) is 2.54. The van der Waals surface area contributed by atoms with Gasteiger partial charge in [0, 0.05) is 13.1 Å². The van der Waals surface area contributed by atoms with Gasteiger partial charge in [-0.15, -0.1) is 0 Å². The maximum atomic E-state index is 11.5. The van der Waals surface area contributed by atoms with Crippen molar-refractivity contribution in [2.24, 2.45) is 5.92 Å². The molecule has 15 heavy (non-hydrogen) atoms. The van der Waals surface area contributed by atoms with Crippen LogP contribution < -0.4 is 0 Å². The molecule has 0 saturated carbocycles. The smallest absolute Gasteiger partial charge is 0.235 e. The molecule has 1 aromatic carbocycles. The molecule has 0 bridgehead atoms. The van der Waals surface area contributed by atoms with E-state index in [1.54, 1.807) is 4.90 Å². The molecular formula is C12H13NO2. The van der Waals surface area contributed by atoms with Gasteiger partial charge in [0.05, 0.1) is 0 Å². The summed E-state index contributed by atoms with van der Waals surface area (Å²) in [4.78, 5) is 24.2. The third-order valence-electron chi connectivity index (χ3n) is 2.72. The zero-order valence-corrected chi connectivity index (χ0v) is 8.64. The third-order valence-corrected chi connectivity index (χ3v) is 2.72. The van der Waals surface area contributed by atoms with E-state index in [1.807, 2.05) is 30.3 Å². The molecule has 1 aliphatic rings. The van der Waals surface area contributed by atoms with Gasteiger partial charge in [0.15, 0.2) is 0 Å². The van der Waals surface area contributed by atoms with Gasteiger partial charge in [-0.25, -0.2) is 0 Å². The highest BCUT2D eigenvalue weighted by molar-refractivity contribution is 6.04. The molecule has 1 fully saturated rings. The number of carbonyl (C=O) groups excluding carboxylic acids is 2. The molecule has 1 aromatic rings. The number of β-lactam (4-membered cyclic amide) rings is 1. The summed E-state index contributed by atoms with van der Waals surface area (Å²) in [6.07, 6.45) is 0. The first-order valence-electron chi connectivity index (χ1n) is 5.01. The van der Waals surface area contributed by atoms with Gasteiger partial charge < -0.3 is 4.90 Å². The van der Waals surface area contributed by atoms with Crippen molar-refractivity contribution < 1.29 is 9.59 Å². The molecule has 1 saturated heterocycles. The monoisotopic (exact) mass is 203 g/mol. The number of likely N-dealkylation sites (tertiary alicyclic amines) is 1. The predicted molar refractivity (Wildman–Crippen MR) is 56.0 cm³/mol. The number of nitrogens with zero attached hydrogens (tertiary/aromatic N) is 1. The second kappa shape index (κ2) is 3.85. The number of rotatable bonds is 3. The first kappa shape index (κ1) is 9.90. The van der Waals surface area contributed by atoms with Crippen LogP contribution >= 0.6 is 0 Å². The van der Waals surface area contributed by atoms with Crippen LogP contribution in [0.5, 0.6) is 0 Å². The Labute approximate surface area is 88.7 Å². The van der Waals surface area contributed by atoms with Crippen LogP contribution in [0.2, 0.25) is 0 Å². The normalized spacial score (nSPS) is 19.9. The van der Waals surface area contributed by atoms with E-state index in [4.69, 9.17) is 0 Å². The quantitative estimate of drug-likeness (QED) is 0.547. The summed E-state index contributed by atoms with van der Waals surface area (Å²) in [5.41, 5.74) is 1.10. The summed E-state index contributed by atoms with van der Waals surface area (Å²) in [6, 6.07) is 9.80. The van der Waals surface area contributed by atoms with Crippen molar-refractivity contribution in [2.75, 3.05) is 6.54 Å². The Bertz CT molecular complexity index is 386. The Morgan fingerprint density at radius 1 is 1.40 bits per heavy atom. The minimum atomic E-state index is -0.381. The molecule has 1 atom stereocenters. The van der Waals surface area contributed by atoms with Gasteiger partial charge in [-0.05, 0) is 12.5 Å². The zero-order chi connectivity index (χ0) is 10.8. The van der Waals surface area contributed by atoms with Gasteiger partial charge in [0.25, 0.3) is 0 Å². The van der Waals surface area contributed by atoms with Gasteiger partial charge in [0.1, 0.15) is 11.7 Å². The lowest BCUT2D eigenvalue weighted by Gasteiger charge is -2.37. The highest BCUT2D eigenvalue weighted by Crippen LogP contribution is 2.20. The van der Waals surface area contributed by atoms with Crippen LogP contribution in [0.15, 0.2) is 30.3 Å². The van der Waals surface area contributed by atoms with Crippen LogP contribution in [0, 0.1) is 5.92 Å². The number of ketones is 1. The second-order valence-electron chi connectivity index (χ2n) is 3.87. The molecule has 1 amide bonds. The Hall–Kier alpha value is -1.64. The van der Waals surface area contributed by atoms with Crippen LogP contribution in [0.3, 0.4) is 0 Å². The maximum absolute atomic E-state index is 11.5. The lowest BCUT2D eigenvalue weighted by atomic mass is 9.94. The summed E-state index contributed by atoms with van der Waals surface area (Å²) >= 11 is 0. The van der Waals surface area contributed by atoms with E-state index in [2.05, 4.69) is 0 Å². The summed E-state index contributed by atoms with van der Waals surface area (Å²) in [5.74, 6) is -0.440. The van der Waals surface area contributed by atoms with Crippen molar-refractivity contribution in [1.82, 2.24) is 4.90 Å². The van der Waals surface area contributed by atoms with Crippen molar-refractivity contribution in [2.45, 2.75) is 13.5 Å². The Balaban J connectivity index is 1.95. The first-order chi connectivity index (χ1) is 7.18. The van der Waals surface area contributed by atoms with Gasteiger partial charge >= 0.3 is 0 Å². The fourth-order valence-electron chi connectivity index (χ4n) is 1.75. The molecule has 78 valence electrons. The van der Waals surface area contributed by atoms with Crippen LogP contribution in [-0.4, -0.2) is 23.1 Å². The molecule has 0 N–H and O–H groups in total. The van der Waals surface area contributed by atoms with Gasteiger partial charge in [-0.3, -0.25) is 9.59 Å². The topological polar surface area (TPSA) is 37.4 Å². The average molecular weight is 203 g/mol. The Morgan fingerprint density at radius 3 is 2.60 bits per heavy atom. The van der Waals surface area contributed by atoms with Gasteiger partial charge in [-0.2, -0.15) is 0 Å². The van der Waals surface area contributed by atoms with Crippen molar-refractivity contribution >= 4 is 11.7 Å². The summed E-state index contributed by atoms with van der Waals surface area (Å²) in [6.45, 7) is 2.66. The van der Waals surface area contributed by atoms with E-state index >= 15 is 0 Å². The van der Waals surface area contributed by atoms with Crippen molar-refractivity contribution in [3.05, 3.63) is 35.9 Å². The van der Waals surface area contributed by atoms with Crippen LogP contribution in [0.4, 0.5) is 0 Å². The largest absolute Gasteiger partial charge is 0.336 e. The van der Waals surface area contributed by atoms with Crippen molar-refractivity contribution in [3.8, 4) is 0 Å². The van der Waals surface area contributed by atoms with E-state index in [9.17, 15) is 9.59 Å². The van der Waals surface area contributed by atoms with Crippen LogP contribution in [0.1, 0.15) is 12.5 Å². The molecule has 3 nitrogen and oxygen atoms in total. The molecule has 0 aromatic heterocycles. The molecule has 0 radical (unpaired) electrons. The molecular weight excluding hydrogens is 190 g/mol.